The molecule has 1 atom stereocenters. The van der Waals surface area contributed by atoms with Gasteiger partial charge in [-0.3, -0.25) is 14.5 Å². The molecule has 1 aliphatic carbocycles. The van der Waals surface area contributed by atoms with Crippen LogP contribution in [0.5, 0.6) is 0 Å². The molecule has 1 aliphatic heterocycles. The fourth-order valence-electron chi connectivity index (χ4n) is 4.65. The van der Waals surface area contributed by atoms with Crippen molar-refractivity contribution in [1.82, 2.24) is 15.1 Å². The van der Waals surface area contributed by atoms with Crippen LogP contribution in [0.3, 0.4) is 0 Å². The maximum atomic E-state index is 14.0. The standard InChI is InChI=1S/C23H28FN3O3/c24-20-10-4-3-9-19(20)23(29)27-13-11-26(12-14-27)21(17-6-1-2-7-17)22(28)25-16-18-8-5-15-30-18/h3-5,8-10,15,17,21H,1-2,6-7,11-14,16H2,(H,25,28). The topological polar surface area (TPSA) is 65.8 Å². The van der Waals surface area contributed by atoms with E-state index in [9.17, 15) is 14.0 Å². The predicted molar refractivity (Wildman–Crippen MR) is 110 cm³/mol. The summed E-state index contributed by atoms with van der Waals surface area (Å²) in [6.45, 7) is 2.57. The summed E-state index contributed by atoms with van der Waals surface area (Å²) in [5, 5.41) is 3.02. The zero-order valence-electron chi connectivity index (χ0n) is 17.1. The van der Waals surface area contributed by atoms with Crippen molar-refractivity contribution < 1.29 is 18.4 Å². The lowest BCUT2D eigenvalue weighted by atomic mass is 9.95. The van der Waals surface area contributed by atoms with E-state index in [1.165, 1.54) is 12.1 Å². The first-order valence-electron chi connectivity index (χ1n) is 10.7. The number of carbonyl (C=O) groups excluding carboxylic acids is 2. The smallest absolute Gasteiger partial charge is 0.256 e. The normalized spacial score (nSPS) is 19.0. The summed E-state index contributed by atoms with van der Waals surface area (Å²) < 4.78 is 19.3. The second-order valence-corrected chi connectivity index (χ2v) is 8.09. The van der Waals surface area contributed by atoms with Gasteiger partial charge >= 0.3 is 0 Å². The Morgan fingerprint density at radius 3 is 2.47 bits per heavy atom. The molecule has 2 heterocycles. The number of rotatable bonds is 6. The van der Waals surface area contributed by atoms with Crippen molar-refractivity contribution in [1.29, 1.82) is 0 Å². The number of carbonyl (C=O) groups is 2. The van der Waals surface area contributed by atoms with Gasteiger partial charge in [-0.2, -0.15) is 0 Å². The van der Waals surface area contributed by atoms with Crippen LogP contribution in [-0.2, 0) is 11.3 Å². The lowest BCUT2D eigenvalue weighted by Crippen LogP contribution is -2.57. The van der Waals surface area contributed by atoms with Gasteiger partial charge in [0.25, 0.3) is 5.91 Å². The summed E-state index contributed by atoms with van der Waals surface area (Å²) in [7, 11) is 0. The summed E-state index contributed by atoms with van der Waals surface area (Å²) >= 11 is 0. The van der Waals surface area contributed by atoms with Gasteiger partial charge in [-0.05, 0) is 43.0 Å². The van der Waals surface area contributed by atoms with E-state index in [1.807, 2.05) is 12.1 Å². The number of halogens is 1. The molecule has 1 unspecified atom stereocenters. The van der Waals surface area contributed by atoms with E-state index in [1.54, 1.807) is 23.3 Å². The first-order valence-corrected chi connectivity index (χ1v) is 10.7. The Morgan fingerprint density at radius 2 is 1.80 bits per heavy atom. The molecule has 7 heteroatoms. The van der Waals surface area contributed by atoms with Crippen molar-refractivity contribution in [2.24, 2.45) is 5.92 Å². The minimum absolute atomic E-state index is 0.0205. The van der Waals surface area contributed by atoms with Gasteiger partial charge in [0.15, 0.2) is 0 Å². The van der Waals surface area contributed by atoms with Crippen molar-refractivity contribution in [3.63, 3.8) is 0 Å². The first kappa shape index (κ1) is 20.6. The fourth-order valence-corrected chi connectivity index (χ4v) is 4.65. The predicted octanol–water partition coefficient (Wildman–Crippen LogP) is 3.05. The number of furan rings is 1. The summed E-state index contributed by atoms with van der Waals surface area (Å²) in [5.41, 5.74) is 0.106. The number of benzene rings is 1. The van der Waals surface area contributed by atoms with Gasteiger partial charge in [0.05, 0.1) is 24.4 Å². The fraction of sp³-hybridized carbons (Fsp3) is 0.478. The van der Waals surface area contributed by atoms with Gasteiger partial charge in [-0.15, -0.1) is 0 Å². The van der Waals surface area contributed by atoms with Crippen molar-refractivity contribution in [3.05, 3.63) is 59.8 Å². The molecule has 1 aromatic heterocycles. The number of nitrogens with zero attached hydrogens (tertiary/aromatic N) is 2. The van der Waals surface area contributed by atoms with Crippen LogP contribution in [0.15, 0.2) is 47.1 Å². The molecular weight excluding hydrogens is 385 g/mol. The lowest BCUT2D eigenvalue weighted by molar-refractivity contribution is -0.129. The molecule has 0 bridgehead atoms. The van der Waals surface area contributed by atoms with E-state index in [4.69, 9.17) is 4.42 Å². The number of nitrogens with one attached hydrogen (secondary N) is 1. The van der Waals surface area contributed by atoms with Gasteiger partial charge in [-0.25, -0.2) is 4.39 Å². The molecule has 160 valence electrons. The summed E-state index contributed by atoms with van der Waals surface area (Å²) in [6.07, 6.45) is 6.00. The molecule has 30 heavy (non-hydrogen) atoms. The zero-order valence-corrected chi connectivity index (χ0v) is 17.1. The van der Waals surface area contributed by atoms with Crippen LogP contribution in [0.1, 0.15) is 41.8 Å². The molecule has 1 aromatic carbocycles. The third kappa shape index (κ3) is 4.56. The maximum absolute atomic E-state index is 14.0. The van der Waals surface area contributed by atoms with Gasteiger partial charge in [0.1, 0.15) is 11.6 Å². The Bertz CT molecular complexity index is 856. The molecule has 0 spiro atoms. The second-order valence-electron chi connectivity index (χ2n) is 8.09. The minimum Gasteiger partial charge on any atom is -0.467 e. The van der Waals surface area contributed by atoms with Crippen LogP contribution in [0.25, 0.3) is 0 Å². The Hall–Kier alpha value is -2.67. The van der Waals surface area contributed by atoms with Crippen LogP contribution >= 0.6 is 0 Å². The first-order chi connectivity index (χ1) is 14.6. The molecule has 2 amide bonds. The maximum Gasteiger partial charge on any atom is 0.256 e. The summed E-state index contributed by atoms with van der Waals surface area (Å²) in [6, 6.07) is 9.54. The number of amides is 2. The highest BCUT2D eigenvalue weighted by Gasteiger charge is 2.37. The Balaban J connectivity index is 1.39. The highest BCUT2D eigenvalue weighted by molar-refractivity contribution is 5.94. The number of hydrogen-bond acceptors (Lipinski definition) is 4. The monoisotopic (exact) mass is 413 g/mol. The van der Waals surface area contributed by atoms with Gasteiger partial charge in [0.2, 0.25) is 5.91 Å². The van der Waals surface area contributed by atoms with Crippen molar-refractivity contribution >= 4 is 11.8 Å². The minimum atomic E-state index is -0.494. The molecule has 1 N–H and O–H groups in total. The summed E-state index contributed by atoms with van der Waals surface area (Å²) in [5.74, 6) is 0.301. The Morgan fingerprint density at radius 1 is 1.07 bits per heavy atom. The van der Waals surface area contributed by atoms with Crippen LogP contribution in [0, 0.1) is 11.7 Å². The molecule has 2 aliphatic rings. The molecular formula is C23H28FN3O3. The van der Waals surface area contributed by atoms with Crippen LogP contribution in [-0.4, -0.2) is 53.8 Å². The molecule has 2 fully saturated rings. The SMILES string of the molecule is O=C(NCc1ccco1)C(C1CCCC1)N1CCN(C(=O)c2ccccc2F)CC1. The largest absolute Gasteiger partial charge is 0.467 e. The molecule has 1 saturated heterocycles. The van der Waals surface area contributed by atoms with E-state index in [2.05, 4.69) is 10.2 Å². The van der Waals surface area contributed by atoms with Crippen molar-refractivity contribution in [2.45, 2.75) is 38.3 Å². The molecule has 2 aromatic rings. The van der Waals surface area contributed by atoms with Gasteiger partial charge in [0, 0.05) is 26.2 Å². The van der Waals surface area contributed by atoms with Crippen LogP contribution in [0.4, 0.5) is 4.39 Å². The van der Waals surface area contributed by atoms with E-state index in [0.717, 1.165) is 31.4 Å². The number of piperazine rings is 1. The third-order valence-electron chi connectivity index (χ3n) is 6.23. The van der Waals surface area contributed by atoms with Crippen LogP contribution in [0.2, 0.25) is 0 Å². The van der Waals surface area contributed by atoms with Gasteiger partial charge < -0.3 is 14.6 Å². The second kappa shape index (κ2) is 9.43. The Labute approximate surface area is 176 Å². The molecule has 1 saturated carbocycles. The Kier molecular flexibility index (Phi) is 6.47. The quantitative estimate of drug-likeness (QED) is 0.791. The highest BCUT2D eigenvalue weighted by atomic mass is 19.1. The number of hydrogen-bond donors (Lipinski definition) is 1. The molecule has 0 radical (unpaired) electrons. The lowest BCUT2D eigenvalue weighted by Gasteiger charge is -2.40. The van der Waals surface area contributed by atoms with E-state index in [-0.39, 0.29) is 23.4 Å². The average molecular weight is 413 g/mol. The summed E-state index contributed by atoms with van der Waals surface area (Å²) in [4.78, 5) is 29.7. The highest BCUT2D eigenvalue weighted by Crippen LogP contribution is 2.31. The van der Waals surface area contributed by atoms with Crippen molar-refractivity contribution in [2.75, 3.05) is 26.2 Å². The van der Waals surface area contributed by atoms with Gasteiger partial charge in [-0.1, -0.05) is 25.0 Å². The van der Waals surface area contributed by atoms with Crippen LogP contribution < -0.4 is 5.32 Å². The molecule has 6 nitrogen and oxygen atoms in total. The zero-order chi connectivity index (χ0) is 20.9. The van der Waals surface area contributed by atoms with Crippen molar-refractivity contribution in [3.8, 4) is 0 Å². The molecule has 4 rings (SSSR count). The van der Waals surface area contributed by atoms with E-state index >= 15 is 0 Å². The van der Waals surface area contributed by atoms with E-state index in [0.29, 0.717) is 38.6 Å². The van der Waals surface area contributed by atoms with E-state index < -0.39 is 5.82 Å². The average Bonchev–Trinajstić information content (AvgIpc) is 3.47. The third-order valence-corrected chi connectivity index (χ3v) is 6.23.